The molecule has 0 saturated carbocycles. The van der Waals surface area contributed by atoms with Crippen molar-refractivity contribution in [2.45, 2.75) is 11.4 Å². The summed E-state index contributed by atoms with van der Waals surface area (Å²) in [5, 5.41) is 4.81. The van der Waals surface area contributed by atoms with Crippen LogP contribution < -0.4 is 0 Å². The molecule has 0 aliphatic carbocycles. The van der Waals surface area contributed by atoms with Crippen LogP contribution in [0.2, 0.25) is 0 Å². The number of amides is 1. The van der Waals surface area contributed by atoms with Crippen molar-refractivity contribution in [3.05, 3.63) is 107 Å². The van der Waals surface area contributed by atoms with Crippen LogP contribution in [0.3, 0.4) is 0 Å². The van der Waals surface area contributed by atoms with E-state index in [-0.39, 0.29) is 23.2 Å². The first kappa shape index (κ1) is 28.4. The SMILES string of the molecule is O=C1C(=Cc2cn(-c3ccccc3)nc2-c2cccc(S(=O)(=O)N3CCOCC3)c2)SC(=S)N1Cc1ccc(F)cc1. The Morgan fingerprint density at radius 3 is 2.48 bits per heavy atom. The molecule has 1 amide bonds. The molecule has 8 nitrogen and oxygen atoms in total. The second kappa shape index (κ2) is 11.9. The molecule has 1 aromatic heterocycles. The number of rotatable bonds is 7. The molecule has 214 valence electrons. The number of halogens is 1. The van der Waals surface area contributed by atoms with Gasteiger partial charge in [-0.2, -0.15) is 9.40 Å². The van der Waals surface area contributed by atoms with Gasteiger partial charge in [0.05, 0.1) is 35.2 Å². The van der Waals surface area contributed by atoms with Gasteiger partial charge in [0.25, 0.3) is 5.91 Å². The van der Waals surface area contributed by atoms with Crippen molar-refractivity contribution in [3.8, 4) is 16.9 Å². The van der Waals surface area contributed by atoms with E-state index >= 15 is 0 Å². The number of benzene rings is 3. The maximum atomic E-state index is 13.4. The number of carbonyl (C=O) groups is 1. The summed E-state index contributed by atoms with van der Waals surface area (Å²) in [6.45, 7) is 1.51. The van der Waals surface area contributed by atoms with Gasteiger partial charge >= 0.3 is 0 Å². The first-order valence-corrected chi connectivity index (χ1v) is 15.8. The fourth-order valence-corrected chi connectivity index (χ4v) is 7.42. The lowest BCUT2D eigenvalue weighted by atomic mass is 10.1. The van der Waals surface area contributed by atoms with Crippen LogP contribution in [0.5, 0.6) is 0 Å². The second-order valence-corrected chi connectivity index (χ2v) is 13.3. The summed E-state index contributed by atoms with van der Waals surface area (Å²) >= 11 is 6.69. The van der Waals surface area contributed by atoms with Crippen LogP contribution in [0.4, 0.5) is 4.39 Å². The highest BCUT2D eigenvalue weighted by Gasteiger charge is 2.33. The highest BCUT2D eigenvalue weighted by molar-refractivity contribution is 8.26. The van der Waals surface area contributed by atoms with Gasteiger partial charge in [-0.15, -0.1) is 0 Å². The number of hydrogen-bond acceptors (Lipinski definition) is 7. The number of hydrogen-bond donors (Lipinski definition) is 0. The molecule has 2 fully saturated rings. The average Bonchev–Trinajstić information content (AvgIpc) is 3.55. The number of sulfonamides is 1. The summed E-state index contributed by atoms with van der Waals surface area (Å²) < 4.78 is 49.0. The summed E-state index contributed by atoms with van der Waals surface area (Å²) in [4.78, 5) is 15.5. The van der Waals surface area contributed by atoms with Gasteiger partial charge in [-0.05, 0) is 48.0 Å². The van der Waals surface area contributed by atoms with Crippen molar-refractivity contribution in [2.75, 3.05) is 26.3 Å². The first-order valence-electron chi connectivity index (χ1n) is 13.1. The number of thiocarbonyl (C=S) groups is 1. The minimum Gasteiger partial charge on any atom is -0.379 e. The molecule has 0 spiro atoms. The Kier molecular flexibility index (Phi) is 8.06. The minimum absolute atomic E-state index is 0.160. The minimum atomic E-state index is -3.73. The van der Waals surface area contributed by atoms with Crippen molar-refractivity contribution >= 4 is 50.3 Å². The molecule has 2 aliphatic rings. The largest absolute Gasteiger partial charge is 0.379 e. The monoisotopic (exact) mass is 620 g/mol. The van der Waals surface area contributed by atoms with Gasteiger partial charge in [0, 0.05) is 30.4 Å². The zero-order chi connectivity index (χ0) is 29.3. The van der Waals surface area contributed by atoms with Gasteiger partial charge in [0.2, 0.25) is 10.0 Å². The van der Waals surface area contributed by atoms with Gasteiger partial charge in [0.1, 0.15) is 15.8 Å². The predicted molar refractivity (Wildman–Crippen MR) is 164 cm³/mol. The van der Waals surface area contributed by atoms with Crippen LogP contribution in [0.15, 0.2) is 94.9 Å². The van der Waals surface area contributed by atoms with Crippen LogP contribution in [0, 0.1) is 5.82 Å². The Morgan fingerprint density at radius 2 is 1.74 bits per heavy atom. The summed E-state index contributed by atoms with van der Waals surface area (Å²) in [5.41, 5.74) is 3.29. The van der Waals surface area contributed by atoms with Gasteiger partial charge in [-0.1, -0.05) is 66.4 Å². The van der Waals surface area contributed by atoms with Gasteiger partial charge in [-0.3, -0.25) is 9.69 Å². The number of nitrogens with zero attached hydrogens (tertiary/aromatic N) is 4. The number of aromatic nitrogens is 2. The standard InChI is InChI=1S/C30H25FN4O4S3/c31-24-11-9-21(10-12-24)19-34-29(36)27(41-30(34)40)18-23-20-35(25-6-2-1-3-7-25)32-28(23)22-5-4-8-26(17-22)42(37,38)33-13-15-39-16-14-33/h1-12,17-18,20H,13-16,19H2. The van der Waals surface area contributed by atoms with Crippen LogP contribution in [0.1, 0.15) is 11.1 Å². The summed E-state index contributed by atoms with van der Waals surface area (Å²) in [7, 11) is -3.73. The van der Waals surface area contributed by atoms with Crippen molar-refractivity contribution in [1.29, 1.82) is 0 Å². The fourth-order valence-electron chi connectivity index (χ4n) is 4.72. The van der Waals surface area contributed by atoms with Gasteiger partial charge in [0.15, 0.2) is 0 Å². The Morgan fingerprint density at radius 1 is 1.00 bits per heavy atom. The van der Waals surface area contributed by atoms with E-state index in [4.69, 9.17) is 22.1 Å². The number of ether oxygens (including phenoxy) is 1. The molecule has 12 heteroatoms. The Hall–Kier alpha value is -3.68. The highest BCUT2D eigenvalue weighted by Crippen LogP contribution is 2.36. The van der Waals surface area contributed by atoms with Crippen molar-refractivity contribution < 1.29 is 22.3 Å². The molecular formula is C30H25FN4O4S3. The van der Waals surface area contributed by atoms with E-state index in [0.29, 0.717) is 52.3 Å². The zero-order valence-corrected chi connectivity index (χ0v) is 24.7. The number of carbonyl (C=O) groups excluding carboxylic acids is 1. The third-order valence-corrected chi connectivity index (χ3v) is 10.2. The Balaban J connectivity index is 1.38. The molecule has 0 N–H and O–H groups in total. The molecule has 2 aliphatic heterocycles. The summed E-state index contributed by atoms with van der Waals surface area (Å²) in [6, 6.07) is 22.1. The molecule has 0 radical (unpaired) electrons. The second-order valence-electron chi connectivity index (χ2n) is 9.65. The van der Waals surface area contributed by atoms with E-state index in [0.717, 1.165) is 11.3 Å². The average molecular weight is 621 g/mol. The fraction of sp³-hybridized carbons (Fsp3) is 0.167. The van der Waals surface area contributed by atoms with E-state index in [2.05, 4.69) is 0 Å². The highest BCUT2D eigenvalue weighted by atomic mass is 32.2. The number of morpholine rings is 1. The Labute approximate surface area is 252 Å². The molecule has 6 rings (SSSR count). The molecule has 42 heavy (non-hydrogen) atoms. The molecule has 4 aromatic rings. The van der Waals surface area contributed by atoms with Gasteiger partial charge < -0.3 is 4.74 Å². The van der Waals surface area contributed by atoms with Crippen LogP contribution in [-0.4, -0.2) is 63.9 Å². The third kappa shape index (κ3) is 5.81. The predicted octanol–water partition coefficient (Wildman–Crippen LogP) is 5.10. The van der Waals surface area contributed by atoms with Gasteiger partial charge in [-0.25, -0.2) is 17.5 Å². The molecule has 2 saturated heterocycles. The van der Waals surface area contributed by atoms with E-state index < -0.39 is 10.0 Å². The summed E-state index contributed by atoms with van der Waals surface area (Å²) in [6.07, 6.45) is 3.54. The Bertz CT molecular complexity index is 1780. The van der Waals surface area contributed by atoms with Crippen LogP contribution in [0.25, 0.3) is 23.0 Å². The lowest BCUT2D eigenvalue weighted by Gasteiger charge is -2.26. The number of para-hydroxylation sites is 1. The number of thioether (sulfide) groups is 1. The van der Waals surface area contributed by atoms with Crippen molar-refractivity contribution in [1.82, 2.24) is 19.0 Å². The smallest absolute Gasteiger partial charge is 0.266 e. The molecule has 0 atom stereocenters. The molecule has 3 aromatic carbocycles. The first-order chi connectivity index (χ1) is 20.3. The van der Waals surface area contributed by atoms with Crippen LogP contribution >= 0.6 is 24.0 Å². The van der Waals surface area contributed by atoms with Crippen LogP contribution in [-0.2, 0) is 26.1 Å². The maximum absolute atomic E-state index is 13.4. The van der Waals surface area contributed by atoms with E-state index in [9.17, 15) is 17.6 Å². The normalized spacial score (nSPS) is 17.4. The van der Waals surface area contributed by atoms with E-state index in [1.54, 1.807) is 53.4 Å². The van der Waals surface area contributed by atoms with Crippen molar-refractivity contribution in [3.63, 3.8) is 0 Å². The quantitative estimate of drug-likeness (QED) is 0.210. The lowest BCUT2D eigenvalue weighted by molar-refractivity contribution is -0.122. The third-order valence-electron chi connectivity index (χ3n) is 6.89. The zero-order valence-electron chi connectivity index (χ0n) is 22.2. The summed E-state index contributed by atoms with van der Waals surface area (Å²) in [5.74, 6) is -0.620. The lowest BCUT2D eigenvalue weighted by Crippen LogP contribution is -2.40. The maximum Gasteiger partial charge on any atom is 0.266 e. The van der Waals surface area contributed by atoms with E-state index in [1.165, 1.54) is 33.1 Å². The molecule has 0 unspecified atom stereocenters. The molecule has 0 bridgehead atoms. The molecular weight excluding hydrogens is 596 g/mol. The van der Waals surface area contributed by atoms with Crippen molar-refractivity contribution in [2.24, 2.45) is 0 Å². The molecule has 3 heterocycles. The topological polar surface area (TPSA) is 84.7 Å². The van der Waals surface area contributed by atoms with E-state index in [1.807, 2.05) is 30.3 Å².